The van der Waals surface area contributed by atoms with Crippen molar-refractivity contribution in [2.45, 2.75) is 12.1 Å². The quantitative estimate of drug-likeness (QED) is 0.534. The zero-order valence-corrected chi connectivity index (χ0v) is 13.9. The van der Waals surface area contributed by atoms with Crippen LogP contribution >= 0.6 is 23.4 Å². The third-order valence-corrected chi connectivity index (χ3v) is 4.71. The van der Waals surface area contributed by atoms with Crippen LogP contribution in [0.2, 0.25) is 5.02 Å². The number of rotatable bonds is 3. The second kappa shape index (κ2) is 6.45. The molecule has 1 heterocycles. The van der Waals surface area contributed by atoms with Crippen LogP contribution in [0.5, 0.6) is 0 Å². The molecule has 2 aromatic carbocycles. The maximum atomic E-state index is 13.0. The molecule has 1 aromatic heterocycles. The van der Waals surface area contributed by atoms with E-state index in [0.29, 0.717) is 26.8 Å². The Hall–Kier alpha value is -2.29. The van der Waals surface area contributed by atoms with E-state index in [0.717, 1.165) is 5.56 Å². The van der Waals surface area contributed by atoms with E-state index >= 15 is 0 Å². The number of fused-ring (bicyclic) bond motifs is 1. The van der Waals surface area contributed by atoms with Crippen LogP contribution in [-0.4, -0.2) is 15.3 Å². The summed E-state index contributed by atoms with van der Waals surface area (Å²) >= 11 is 7.43. The Labute approximate surface area is 142 Å². The number of hydrogen-bond donors (Lipinski definition) is 0. The van der Waals surface area contributed by atoms with Crippen LogP contribution in [0.25, 0.3) is 16.6 Å². The number of halogens is 1. The molecule has 0 bridgehead atoms. The molecule has 0 fully saturated rings. The van der Waals surface area contributed by atoms with Crippen molar-refractivity contribution in [2.24, 2.45) is 0 Å². The molecule has 0 radical (unpaired) electrons. The molecule has 3 rings (SSSR count). The van der Waals surface area contributed by atoms with E-state index in [9.17, 15) is 4.79 Å². The van der Waals surface area contributed by atoms with Crippen molar-refractivity contribution in [2.75, 3.05) is 5.75 Å². The van der Waals surface area contributed by atoms with Crippen molar-refractivity contribution < 1.29 is 0 Å². The smallest absolute Gasteiger partial charge is 0.266 e. The Morgan fingerprint density at radius 1 is 1.26 bits per heavy atom. The summed E-state index contributed by atoms with van der Waals surface area (Å²) in [4.78, 5) is 17.5. The highest BCUT2D eigenvalue weighted by Crippen LogP contribution is 2.26. The van der Waals surface area contributed by atoms with Gasteiger partial charge in [0.25, 0.3) is 5.56 Å². The van der Waals surface area contributed by atoms with Crippen LogP contribution in [-0.2, 0) is 0 Å². The fourth-order valence-electron chi connectivity index (χ4n) is 2.36. The van der Waals surface area contributed by atoms with Gasteiger partial charge in [0.05, 0.1) is 28.4 Å². The summed E-state index contributed by atoms with van der Waals surface area (Å²) in [7, 11) is 0. The Morgan fingerprint density at radius 2 is 2.04 bits per heavy atom. The predicted octanol–water partition coefficient (Wildman–Crippen LogP) is 3.96. The summed E-state index contributed by atoms with van der Waals surface area (Å²) < 4.78 is 1.53. The van der Waals surface area contributed by atoms with Gasteiger partial charge in [-0.25, -0.2) is 4.98 Å². The first-order valence-corrected chi connectivity index (χ1v) is 8.27. The van der Waals surface area contributed by atoms with E-state index in [1.165, 1.54) is 16.3 Å². The van der Waals surface area contributed by atoms with Crippen molar-refractivity contribution in [1.29, 1.82) is 5.26 Å². The zero-order valence-electron chi connectivity index (χ0n) is 12.3. The monoisotopic (exact) mass is 341 g/mol. The van der Waals surface area contributed by atoms with Gasteiger partial charge in [0.2, 0.25) is 0 Å². The molecule has 0 unspecified atom stereocenters. The molecule has 0 spiro atoms. The van der Waals surface area contributed by atoms with Gasteiger partial charge >= 0.3 is 0 Å². The molecule has 3 aromatic rings. The number of benzene rings is 2. The van der Waals surface area contributed by atoms with Gasteiger partial charge in [-0.15, -0.1) is 0 Å². The van der Waals surface area contributed by atoms with Gasteiger partial charge in [-0.3, -0.25) is 9.36 Å². The molecule has 6 heteroatoms. The number of nitriles is 1. The van der Waals surface area contributed by atoms with Crippen molar-refractivity contribution in [3.63, 3.8) is 0 Å². The molecule has 0 saturated carbocycles. The number of nitrogens with zero attached hydrogens (tertiary/aromatic N) is 3. The van der Waals surface area contributed by atoms with Crippen LogP contribution < -0.4 is 5.56 Å². The summed E-state index contributed by atoms with van der Waals surface area (Å²) in [6, 6.07) is 14.7. The van der Waals surface area contributed by atoms with Crippen molar-refractivity contribution in [3.05, 3.63) is 63.4 Å². The lowest BCUT2D eigenvalue weighted by Gasteiger charge is -2.15. The first-order chi connectivity index (χ1) is 11.1. The Morgan fingerprint density at radius 3 is 2.83 bits per heavy atom. The fourth-order valence-corrected chi connectivity index (χ4v) is 3.19. The first-order valence-electron chi connectivity index (χ1n) is 6.90. The Kier molecular flexibility index (Phi) is 4.37. The molecule has 0 aliphatic heterocycles. The second-order valence-corrected chi connectivity index (χ2v) is 6.23. The summed E-state index contributed by atoms with van der Waals surface area (Å²) in [5.74, 6) is 0.213. The van der Waals surface area contributed by atoms with Gasteiger partial charge in [-0.05, 0) is 36.8 Å². The molecule has 0 amide bonds. The number of thioether (sulfide) groups is 1. The van der Waals surface area contributed by atoms with Gasteiger partial charge in [0, 0.05) is 5.02 Å². The Bertz CT molecular complexity index is 991. The molecule has 23 heavy (non-hydrogen) atoms. The summed E-state index contributed by atoms with van der Waals surface area (Å²) in [5.41, 5.74) is 1.93. The molecule has 0 aliphatic carbocycles. The highest BCUT2D eigenvalue weighted by Gasteiger charge is 2.15. The van der Waals surface area contributed by atoms with Crippen LogP contribution in [0, 0.1) is 18.3 Å². The topological polar surface area (TPSA) is 58.7 Å². The van der Waals surface area contributed by atoms with Crippen molar-refractivity contribution >= 4 is 34.3 Å². The molecule has 0 N–H and O–H groups in total. The maximum absolute atomic E-state index is 13.0. The van der Waals surface area contributed by atoms with Gasteiger partial charge in [0.15, 0.2) is 5.16 Å². The van der Waals surface area contributed by atoms with E-state index in [-0.39, 0.29) is 11.3 Å². The normalized spacial score (nSPS) is 10.7. The lowest BCUT2D eigenvalue weighted by atomic mass is 10.2. The third kappa shape index (κ3) is 2.83. The minimum Gasteiger partial charge on any atom is -0.268 e. The molecular formula is C17H12ClN3OS. The standard InChI is InChI=1S/C17H12ClN3OS/c1-11-13(18)6-4-8-15(11)21-16(22)12-5-2-3-7-14(12)20-17(21)23-10-9-19/h2-8H,10H2,1H3. The lowest BCUT2D eigenvalue weighted by molar-refractivity contribution is 0.815. The summed E-state index contributed by atoms with van der Waals surface area (Å²) in [5, 5.41) is 10.5. The van der Waals surface area contributed by atoms with Gasteiger partial charge in [-0.2, -0.15) is 5.26 Å². The van der Waals surface area contributed by atoms with E-state index in [4.69, 9.17) is 16.9 Å². The molecule has 114 valence electrons. The van der Waals surface area contributed by atoms with E-state index in [1.807, 2.05) is 25.1 Å². The number of aromatic nitrogens is 2. The van der Waals surface area contributed by atoms with Crippen LogP contribution in [0.1, 0.15) is 5.56 Å². The Balaban J connectivity index is 2.37. The lowest BCUT2D eigenvalue weighted by Crippen LogP contribution is -2.22. The largest absolute Gasteiger partial charge is 0.268 e. The molecule has 4 nitrogen and oxygen atoms in total. The summed E-state index contributed by atoms with van der Waals surface area (Å²) in [6.07, 6.45) is 0. The maximum Gasteiger partial charge on any atom is 0.266 e. The van der Waals surface area contributed by atoms with Gasteiger partial charge < -0.3 is 0 Å². The number of hydrogen-bond acceptors (Lipinski definition) is 4. The van der Waals surface area contributed by atoms with E-state index in [1.54, 1.807) is 24.3 Å². The first kappa shape index (κ1) is 15.6. The highest BCUT2D eigenvalue weighted by molar-refractivity contribution is 7.99. The minimum atomic E-state index is -0.165. The average Bonchev–Trinajstić information content (AvgIpc) is 2.56. The van der Waals surface area contributed by atoms with Crippen molar-refractivity contribution in [3.8, 4) is 11.8 Å². The van der Waals surface area contributed by atoms with Crippen LogP contribution in [0.15, 0.2) is 52.4 Å². The zero-order chi connectivity index (χ0) is 16.4. The SMILES string of the molecule is Cc1c(Cl)cccc1-n1c(SCC#N)nc2ccccc2c1=O. The third-order valence-electron chi connectivity index (χ3n) is 3.49. The van der Waals surface area contributed by atoms with E-state index < -0.39 is 0 Å². The molecule has 0 atom stereocenters. The molecule has 0 saturated heterocycles. The minimum absolute atomic E-state index is 0.165. The molecular weight excluding hydrogens is 330 g/mol. The van der Waals surface area contributed by atoms with Crippen LogP contribution in [0.4, 0.5) is 0 Å². The van der Waals surface area contributed by atoms with Crippen LogP contribution in [0.3, 0.4) is 0 Å². The number of para-hydroxylation sites is 1. The van der Waals surface area contributed by atoms with Gasteiger partial charge in [0.1, 0.15) is 0 Å². The summed E-state index contributed by atoms with van der Waals surface area (Å²) in [6.45, 7) is 1.86. The predicted molar refractivity (Wildman–Crippen MR) is 93.4 cm³/mol. The average molecular weight is 342 g/mol. The fraction of sp³-hybridized carbons (Fsp3) is 0.118. The van der Waals surface area contributed by atoms with E-state index in [2.05, 4.69) is 11.1 Å². The van der Waals surface area contributed by atoms with Crippen molar-refractivity contribution in [1.82, 2.24) is 9.55 Å². The molecule has 0 aliphatic rings. The van der Waals surface area contributed by atoms with Gasteiger partial charge in [-0.1, -0.05) is 41.6 Å². The second-order valence-electron chi connectivity index (χ2n) is 4.88. The highest BCUT2D eigenvalue weighted by atomic mass is 35.5.